The second-order valence-electron chi connectivity index (χ2n) is 4.97. The number of sulfonamides is 1. The van der Waals surface area contributed by atoms with Gasteiger partial charge in [-0.25, -0.2) is 8.42 Å². The van der Waals surface area contributed by atoms with Crippen LogP contribution >= 0.6 is 0 Å². The molecule has 0 atom stereocenters. The third-order valence-electron chi connectivity index (χ3n) is 3.51. The smallest absolute Gasteiger partial charge is 0.235 e. The van der Waals surface area contributed by atoms with Crippen LogP contribution in [0.15, 0.2) is 24.3 Å². The van der Waals surface area contributed by atoms with E-state index in [4.69, 9.17) is 5.73 Å². The van der Waals surface area contributed by atoms with Crippen molar-refractivity contribution >= 4 is 15.7 Å². The summed E-state index contributed by atoms with van der Waals surface area (Å²) in [7, 11) is -3.21. The Balaban J connectivity index is 2.23. The second kappa shape index (κ2) is 6.39. The molecular weight excluding hydrogens is 260 g/mol. The van der Waals surface area contributed by atoms with Crippen LogP contribution in [0.25, 0.3) is 0 Å². The van der Waals surface area contributed by atoms with Gasteiger partial charge in [-0.2, -0.15) is 0 Å². The van der Waals surface area contributed by atoms with Crippen molar-refractivity contribution in [2.75, 3.05) is 23.1 Å². The lowest BCUT2D eigenvalue weighted by Gasteiger charge is -2.24. The number of aryl methyl sites for hydroxylation is 1. The van der Waals surface area contributed by atoms with E-state index in [1.54, 1.807) is 4.31 Å². The normalized spacial score (nSPS) is 15.9. The molecule has 19 heavy (non-hydrogen) atoms. The molecule has 1 aliphatic rings. The second-order valence-corrected chi connectivity index (χ2v) is 6.98. The van der Waals surface area contributed by atoms with Crippen LogP contribution in [0.5, 0.6) is 0 Å². The van der Waals surface area contributed by atoms with Gasteiger partial charge >= 0.3 is 0 Å². The minimum atomic E-state index is -3.21. The number of nitrogens with two attached hydrogens (primary N) is 1. The van der Waals surface area contributed by atoms with Crippen LogP contribution in [0.2, 0.25) is 0 Å². The van der Waals surface area contributed by atoms with Crippen molar-refractivity contribution in [2.24, 2.45) is 5.73 Å². The highest BCUT2D eigenvalue weighted by Crippen LogP contribution is 2.28. The molecule has 2 rings (SSSR count). The number of rotatable bonds is 5. The fourth-order valence-electron chi connectivity index (χ4n) is 2.48. The molecule has 0 saturated heterocycles. The molecule has 0 bridgehead atoms. The van der Waals surface area contributed by atoms with E-state index in [1.807, 2.05) is 24.3 Å². The van der Waals surface area contributed by atoms with Gasteiger partial charge in [-0.1, -0.05) is 18.2 Å². The third-order valence-corrected chi connectivity index (χ3v) is 5.37. The van der Waals surface area contributed by atoms with Gasteiger partial charge in [0.2, 0.25) is 10.0 Å². The largest absolute Gasteiger partial charge is 0.330 e. The van der Waals surface area contributed by atoms with E-state index < -0.39 is 10.0 Å². The van der Waals surface area contributed by atoms with Crippen molar-refractivity contribution in [3.63, 3.8) is 0 Å². The van der Waals surface area contributed by atoms with E-state index in [0.29, 0.717) is 19.5 Å². The van der Waals surface area contributed by atoms with Gasteiger partial charge in [0, 0.05) is 6.54 Å². The summed E-state index contributed by atoms with van der Waals surface area (Å²) in [5.41, 5.74) is 7.44. The van der Waals surface area contributed by atoms with E-state index in [2.05, 4.69) is 0 Å². The first-order chi connectivity index (χ1) is 9.15. The third kappa shape index (κ3) is 3.48. The van der Waals surface area contributed by atoms with Crippen molar-refractivity contribution in [1.29, 1.82) is 0 Å². The highest BCUT2D eigenvalue weighted by atomic mass is 32.2. The highest BCUT2D eigenvalue weighted by Gasteiger charge is 2.25. The van der Waals surface area contributed by atoms with Gasteiger partial charge in [0.25, 0.3) is 0 Å². The molecule has 0 radical (unpaired) electrons. The molecule has 0 saturated carbocycles. The fraction of sp³-hybridized carbons (Fsp3) is 0.571. The predicted octanol–water partition coefficient (Wildman–Crippen LogP) is 1.90. The molecule has 106 valence electrons. The topological polar surface area (TPSA) is 63.4 Å². The SMILES string of the molecule is NCCCCS(=O)(=O)N1CCCCc2ccccc21. The van der Waals surface area contributed by atoms with E-state index in [1.165, 1.54) is 0 Å². The summed E-state index contributed by atoms with van der Waals surface area (Å²) in [4.78, 5) is 0. The molecule has 1 aromatic carbocycles. The molecule has 0 aliphatic carbocycles. The van der Waals surface area contributed by atoms with E-state index in [-0.39, 0.29) is 5.75 Å². The Morgan fingerprint density at radius 3 is 2.74 bits per heavy atom. The lowest BCUT2D eigenvalue weighted by Crippen LogP contribution is -2.34. The highest BCUT2D eigenvalue weighted by molar-refractivity contribution is 7.92. The molecule has 4 nitrogen and oxygen atoms in total. The van der Waals surface area contributed by atoms with Gasteiger partial charge < -0.3 is 5.73 Å². The van der Waals surface area contributed by atoms with Crippen molar-refractivity contribution in [2.45, 2.75) is 32.1 Å². The molecular formula is C14H22N2O2S. The zero-order chi connectivity index (χ0) is 13.7. The summed E-state index contributed by atoms with van der Waals surface area (Å²) >= 11 is 0. The average Bonchev–Trinajstić information content (AvgIpc) is 2.61. The average molecular weight is 282 g/mol. The van der Waals surface area contributed by atoms with Gasteiger partial charge in [0.1, 0.15) is 0 Å². The molecule has 2 N–H and O–H groups in total. The molecule has 1 aliphatic heterocycles. The number of para-hydroxylation sites is 1. The molecule has 1 heterocycles. The van der Waals surface area contributed by atoms with E-state index in [9.17, 15) is 8.42 Å². The van der Waals surface area contributed by atoms with Crippen LogP contribution in [0, 0.1) is 0 Å². The Bertz CT molecular complexity index is 514. The van der Waals surface area contributed by atoms with Crippen molar-refractivity contribution in [3.05, 3.63) is 29.8 Å². The van der Waals surface area contributed by atoms with Crippen molar-refractivity contribution < 1.29 is 8.42 Å². The summed E-state index contributed by atoms with van der Waals surface area (Å²) in [6, 6.07) is 7.83. The Hall–Kier alpha value is -1.07. The number of anilines is 1. The predicted molar refractivity (Wildman–Crippen MR) is 78.8 cm³/mol. The number of fused-ring (bicyclic) bond motifs is 1. The summed E-state index contributed by atoms with van der Waals surface area (Å²) in [6.45, 7) is 1.15. The number of hydrogen-bond donors (Lipinski definition) is 1. The number of benzene rings is 1. The lowest BCUT2D eigenvalue weighted by molar-refractivity contribution is 0.585. The molecule has 1 aromatic rings. The Morgan fingerprint density at radius 1 is 1.16 bits per heavy atom. The maximum absolute atomic E-state index is 12.5. The van der Waals surface area contributed by atoms with Crippen molar-refractivity contribution in [1.82, 2.24) is 0 Å². The summed E-state index contributed by atoms with van der Waals surface area (Å²) in [5, 5.41) is 0. The minimum absolute atomic E-state index is 0.193. The fourth-order valence-corrected chi connectivity index (χ4v) is 4.16. The van der Waals surface area contributed by atoms with Crippen LogP contribution in [-0.2, 0) is 16.4 Å². The van der Waals surface area contributed by atoms with E-state index in [0.717, 1.165) is 36.9 Å². The molecule has 0 spiro atoms. The molecule has 0 fully saturated rings. The summed E-state index contributed by atoms with van der Waals surface area (Å²) in [5.74, 6) is 0.193. The zero-order valence-corrected chi connectivity index (χ0v) is 12.0. The number of hydrogen-bond acceptors (Lipinski definition) is 3. The van der Waals surface area contributed by atoms with Gasteiger partial charge in [0.05, 0.1) is 11.4 Å². The minimum Gasteiger partial charge on any atom is -0.330 e. The van der Waals surface area contributed by atoms with Gasteiger partial charge in [-0.3, -0.25) is 4.31 Å². The maximum Gasteiger partial charge on any atom is 0.235 e. The van der Waals surface area contributed by atoms with Gasteiger partial charge in [0.15, 0.2) is 0 Å². The monoisotopic (exact) mass is 282 g/mol. The molecule has 0 amide bonds. The zero-order valence-electron chi connectivity index (χ0n) is 11.2. The van der Waals surface area contributed by atoms with Crippen LogP contribution in [0.1, 0.15) is 31.2 Å². The quantitative estimate of drug-likeness (QED) is 0.839. The number of nitrogens with zero attached hydrogens (tertiary/aromatic N) is 1. The van der Waals surface area contributed by atoms with Crippen molar-refractivity contribution in [3.8, 4) is 0 Å². The van der Waals surface area contributed by atoms with Crippen LogP contribution in [0.3, 0.4) is 0 Å². The van der Waals surface area contributed by atoms with Gasteiger partial charge in [-0.05, 0) is 50.3 Å². The molecule has 0 aromatic heterocycles. The van der Waals surface area contributed by atoms with E-state index >= 15 is 0 Å². The Morgan fingerprint density at radius 2 is 1.95 bits per heavy atom. The summed E-state index contributed by atoms with van der Waals surface area (Å²) in [6.07, 6.45) is 4.33. The number of unbranched alkanes of at least 4 members (excludes halogenated alkanes) is 1. The van der Waals surface area contributed by atoms with Crippen LogP contribution in [-0.4, -0.2) is 27.3 Å². The summed E-state index contributed by atoms with van der Waals surface area (Å²) < 4.78 is 26.5. The van der Waals surface area contributed by atoms with Crippen LogP contribution in [0.4, 0.5) is 5.69 Å². The molecule has 0 unspecified atom stereocenters. The molecule has 5 heteroatoms. The lowest BCUT2D eigenvalue weighted by atomic mass is 10.1. The first-order valence-electron chi connectivity index (χ1n) is 6.93. The Kier molecular flexibility index (Phi) is 4.82. The van der Waals surface area contributed by atoms with Gasteiger partial charge in [-0.15, -0.1) is 0 Å². The first-order valence-corrected chi connectivity index (χ1v) is 8.54. The van der Waals surface area contributed by atoms with Crippen LogP contribution < -0.4 is 10.0 Å². The Labute approximate surface area is 115 Å². The maximum atomic E-state index is 12.5. The first kappa shape index (κ1) is 14.3. The standard InChI is InChI=1S/C14H22N2O2S/c15-10-4-6-12-19(17,18)16-11-5-3-8-13-7-1-2-9-14(13)16/h1-2,7,9H,3-6,8,10-12,15H2.